The second-order valence-corrected chi connectivity index (χ2v) is 6.47. The lowest BCUT2D eigenvalue weighted by atomic mass is 10.0. The normalized spacial score (nSPS) is 10.9. The van der Waals surface area contributed by atoms with E-state index in [-0.39, 0.29) is 5.78 Å². The smallest absolute Gasteiger partial charge is 0.196 e. The molecule has 3 rings (SSSR count). The quantitative estimate of drug-likeness (QED) is 0.595. The fraction of sp³-hybridized carbons (Fsp3) is 0.0625. The average Bonchev–Trinajstić information content (AvgIpc) is 2.83. The van der Waals surface area contributed by atoms with Crippen molar-refractivity contribution < 1.29 is 4.79 Å². The third-order valence-electron chi connectivity index (χ3n) is 3.25. The summed E-state index contributed by atoms with van der Waals surface area (Å²) >= 11 is 6.89. The van der Waals surface area contributed by atoms with Gasteiger partial charge < -0.3 is 4.98 Å². The molecule has 0 saturated carbocycles. The van der Waals surface area contributed by atoms with Crippen LogP contribution in [0.4, 0.5) is 0 Å². The maximum absolute atomic E-state index is 12.7. The first kappa shape index (κ1) is 13.6. The number of rotatable bonds is 2. The fourth-order valence-corrected chi connectivity index (χ4v) is 3.03. The van der Waals surface area contributed by atoms with Gasteiger partial charge in [-0.05, 0) is 31.2 Å². The van der Waals surface area contributed by atoms with Crippen molar-refractivity contribution >= 4 is 48.5 Å². The van der Waals surface area contributed by atoms with E-state index >= 15 is 0 Å². The van der Waals surface area contributed by atoms with E-state index in [1.807, 2.05) is 43.3 Å². The Morgan fingerprint density at radius 3 is 2.65 bits per heavy atom. The van der Waals surface area contributed by atoms with Crippen LogP contribution < -0.4 is 0 Å². The predicted octanol–water partition coefficient (Wildman–Crippen LogP) is 5.23. The zero-order valence-corrected chi connectivity index (χ0v) is 13.9. The number of carbonyl (C=O) groups is 1. The molecule has 0 aliphatic rings. The molecular formula is C16H11Br2NO. The van der Waals surface area contributed by atoms with Crippen LogP contribution in [0.1, 0.15) is 21.5 Å². The van der Waals surface area contributed by atoms with Crippen molar-refractivity contribution in [3.63, 3.8) is 0 Å². The second-order valence-electron chi connectivity index (χ2n) is 4.70. The van der Waals surface area contributed by atoms with Crippen molar-refractivity contribution in [3.8, 4) is 0 Å². The van der Waals surface area contributed by atoms with Gasteiger partial charge in [0.15, 0.2) is 5.78 Å². The van der Waals surface area contributed by atoms with Crippen LogP contribution in [0.25, 0.3) is 10.9 Å². The highest BCUT2D eigenvalue weighted by molar-refractivity contribution is 9.10. The molecule has 0 saturated heterocycles. The van der Waals surface area contributed by atoms with Crippen LogP contribution in [-0.2, 0) is 0 Å². The molecule has 0 atom stereocenters. The van der Waals surface area contributed by atoms with Gasteiger partial charge in [-0.1, -0.05) is 49.6 Å². The minimum atomic E-state index is 0.0224. The second kappa shape index (κ2) is 5.19. The van der Waals surface area contributed by atoms with Gasteiger partial charge in [-0.25, -0.2) is 0 Å². The Hall–Kier alpha value is -1.39. The van der Waals surface area contributed by atoms with Gasteiger partial charge >= 0.3 is 0 Å². The van der Waals surface area contributed by atoms with Crippen LogP contribution in [0.5, 0.6) is 0 Å². The number of aromatic amines is 1. The molecule has 20 heavy (non-hydrogen) atoms. The Balaban J connectivity index is 2.15. The lowest BCUT2D eigenvalue weighted by molar-refractivity contribution is 0.103. The van der Waals surface area contributed by atoms with E-state index in [9.17, 15) is 4.79 Å². The minimum absolute atomic E-state index is 0.0224. The van der Waals surface area contributed by atoms with Gasteiger partial charge in [0.1, 0.15) is 0 Å². The lowest BCUT2D eigenvalue weighted by Crippen LogP contribution is -2.02. The van der Waals surface area contributed by atoms with Gasteiger partial charge in [0, 0.05) is 37.2 Å². The monoisotopic (exact) mass is 391 g/mol. The summed E-state index contributed by atoms with van der Waals surface area (Å²) in [4.78, 5) is 15.9. The summed E-state index contributed by atoms with van der Waals surface area (Å²) in [5, 5.41) is 0.937. The van der Waals surface area contributed by atoms with E-state index in [4.69, 9.17) is 0 Å². The summed E-state index contributed by atoms with van der Waals surface area (Å²) in [5.74, 6) is 0.0224. The first-order valence-electron chi connectivity index (χ1n) is 6.14. The SMILES string of the molecule is Cc1ccc(Br)c(C(=O)c2c[nH]c3cc(Br)ccc23)c1. The molecule has 0 amide bonds. The molecule has 4 heteroatoms. The summed E-state index contributed by atoms with van der Waals surface area (Å²) in [6.45, 7) is 1.98. The number of fused-ring (bicyclic) bond motifs is 1. The third kappa shape index (κ3) is 2.34. The van der Waals surface area contributed by atoms with Crippen LogP contribution >= 0.6 is 31.9 Å². The molecule has 1 N–H and O–H groups in total. The van der Waals surface area contributed by atoms with Crippen molar-refractivity contribution in [1.29, 1.82) is 0 Å². The summed E-state index contributed by atoms with van der Waals surface area (Å²) in [6, 6.07) is 11.7. The first-order valence-corrected chi connectivity index (χ1v) is 7.72. The summed E-state index contributed by atoms with van der Waals surface area (Å²) < 4.78 is 1.81. The van der Waals surface area contributed by atoms with Gasteiger partial charge in [-0.3, -0.25) is 4.79 Å². The van der Waals surface area contributed by atoms with Crippen molar-refractivity contribution in [2.45, 2.75) is 6.92 Å². The molecule has 1 heterocycles. The van der Waals surface area contributed by atoms with Crippen LogP contribution in [0, 0.1) is 6.92 Å². The minimum Gasteiger partial charge on any atom is -0.360 e. The maximum Gasteiger partial charge on any atom is 0.196 e. The molecule has 1 aromatic heterocycles. The van der Waals surface area contributed by atoms with Gasteiger partial charge in [-0.2, -0.15) is 0 Å². The van der Waals surface area contributed by atoms with Crippen molar-refractivity contribution in [2.75, 3.05) is 0 Å². The number of carbonyl (C=O) groups excluding carboxylic acids is 1. The molecule has 0 aliphatic heterocycles. The number of hydrogen-bond acceptors (Lipinski definition) is 1. The first-order chi connectivity index (χ1) is 9.56. The molecule has 0 radical (unpaired) electrons. The summed E-state index contributed by atoms with van der Waals surface area (Å²) in [5.41, 5.74) is 3.40. The third-order valence-corrected chi connectivity index (χ3v) is 4.44. The van der Waals surface area contributed by atoms with E-state index in [2.05, 4.69) is 36.8 Å². The standard InChI is InChI=1S/C16H11Br2NO/c1-9-2-5-14(18)12(6-9)16(20)13-8-19-15-7-10(17)3-4-11(13)15/h2-8,19H,1H3. The molecule has 0 fully saturated rings. The highest BCUT2D eigenvalue weighted by Gasteiger charge is 2.16. The Morgan fingerprint density at radius 2 is 1.85 bits per heavy atom. The number of aryl methyl sites for hydroxylation is 1. The molecule has 100 valence electrons. The number of benzene rings is 2. The van der Waals surface area contributed by atoms with Gasteiger partial charge in [0.05, 0.1) is 0 Å². The molecule has 3 aromatic rings. The Kier molecular flexibility index (Phi) is 3.52. The van der Waals surface area contributed by atoms with Gasteiger partial charge in [-0.15, -0.1) is 0 Å². The van der Waals surface area contributed by atoms with Crippen molar-refractivity contribution in [3.05, 3.63) is 68.2 Å². The van der Waals surface area contributed by atoms with E-state index in [1.165, 1.54) is 0 Å². The molecule has 0 spiro atoms. The van der Waals surface area contributed by atoms with E-state index in [0.29, 0.717) is 11.1 Å². The zero-order chi connectivity index (χ0) is 14.3. The van der Waals surface area contributed by atoms with Crippen molar-refractivity contribution in [2.24, 2.45) is 0 Å². The molecule has 2 aromatic carbocycles. The maximum atomic E-state index is 12.7. The number of H-pyrrole nitrogens is 1. The topological polar surface area (TPSA) is 32.9 Å². The van der Waals surface area contributed by atoms with Gasteiger partial charge in [0.25, 0.3) is 0 Å². The van der Waals surface area contributed by atoms with Crippen LogP contribution in [-0.4, -0.2) is 10.8 Å². The fourth-order valence-electron chi connectivity index (χ4n) is 2.24. The molecule has 0 aliphatic carbocycles. The number of hydrogen-bond donors (Lipinski definition) is 1. The van der Waals surface area contributed by atoms with Crippen LogP contribution in [0.15, 0.2) is 51.5 Å². The lowest BCUT2D eigenvalue weighted by Gasteiger charge is -2.04. The largest absolute Gasteiger partial charge is 0.360 e. The number of aromatic nitrogens is 1. The Bertz CT molecular complexity index is 820. The number of nitrogens with one attached hydrogen (secondary N) is 1. The van der Waals surface area contributed by atoms with Crippen LogP contribution in [0.3, 0.4) is 0 Å². The van der Waals surface area contributed by atoms with Gasteiger partial charge in [0.2, 0.25) is 0 Å². The highest BCUT2D eigenvalue weighted by atomic mass is 79.9. The number of halogens is 2. The molecule has 2 nitrogen and oxygen atoms in total. The number of ketones is 1. The molecule has 0 unspecified atom stereocenters. The van der Waals surface area contributed by atoms with Crippen LogP contribution in [0.2, 0.25) is 0 Å². The molecule has 0 bridgehead atoms. The highest BCUT2D eigenvalue weighted by Crippen LogP contribution is 2.27. The summed E-state index contributed by atoms with van der Waals surface area (Å²) in [6.07, 6.45) is 1.77. The Morgan fingerprint density at radius 1 is 1.05 bits per heavy atom. The predicted molar refractivity (Wildman–Crippen MR) is 88.3 cm³/mol. The van der Waals surface area contributed by atoms with E-state index in [0.717, 1.165) is 25.4 Å². The summed E-state index contributed by atoms with van der Waals surface area (Å²) in [7, 11) is 0. The van der Waals surface area contributed by atoms with E-state index < -0.39 is 0 Å². The van der Waals surface area contributed by atoms with Crippen molar-refractivity contribution in [1.82, 2.24) is 4.98 Å². The Labute approximate surface area is 133 Å². The van der Waals surface area contributed by atoms with E-state index in [1.54, 1.807) is 6.20 Å². The average molecular weight is 393 g/mol. The zero-order valence-electron chi connectivity index (χ0n) is 10.7. The molecular weight excluding hydrogens is 382 g/mol.